The Labute approximate surface area is 337 Å². The number of H-pyrrole nitrogens is 2. The molecule has 0 radical (unpaired) electrons. The van der Waals surface area contributed by atoms with Crippen LogP contribution in [-0.2, 0) is 19.1 Å². The maximum atomic E-state index is 13.9. The molecular formula is C43H50N8O6Si. The molecule has 2 saturated heterocycles. The van der Waals surface area contributed by atoms with Crippen LogP contribution in [0.3, 0.4) is 0 Å². The predicted molar refractivity (Wildman–Crippen MR) is 221 cm³/mol. The number of benzene rings is 3. The van der Waals surface area contributed by atoms with Crippen molar-refractivity contribution in [2.24, 2.45) is 11.8 Å². The lowest BCUT2D eigenvalue weighted by Crippen LogP contribution is -2.50. The minimum absolute atomic E-state index is 0.0528. The van der Waals surface area contributed by atoms with Crippen LogP contribution < -0.4 is 10.6 Å². The number of aromatic nitrogens is 4. The highest BCUT2D eigenvalue weighted by atomic mass is 28.3. The van der Waals surface area contributed by atoms with Crippen molar-refractivity contribution in [1.82, 2.24) is 40.4 Å². The van der Waals surface area contributed by atoms with Gasteiger partial charge in [0, 0.05) is 18.1 Å². The first-order valence-electron chi connectivity index (χ1n) is 20.4. The van der Waals surface area contributed by atoms with Crippen molar-refractivity contribution in [3.8, 4) is 22.4 Å². The monoisotopic (exact) mass is 802 g/mol. The summed E-state index contributed by atoms with van der Waals surface area (Å²) >= 11 is 0. The Morgan fingerprint density at radius 2 is 1.40 bits per heavy atom. The quantitative estimate of drug-likeness (QED) is 0.111. The van der Waals surface area contributed by atoms with E-state index in [0.717, 1.165) is 100 Å². The van der Waals surface area contributed by atoms with E-state index in [-0.39, 0.29) is 35.7 Å². The van der Waals surface area contributed by atoms with Crippen molar-refractivity contribution in [1.29, 1.82) is 0 Å². The number of amides is 4. The van der Waals surface area contributed by atoms with Crippen molar-refractivity contribution >= 4 is 53.9 Å². The van der Waals surface area contributed by atoms with E-state index in [4.69, 9.17) is 19.4 Å². The van der Waals surface area contributed by atoms with Crippen LogP contribution in [0.2, 0.25) is 19.1 Å². The van der Waals surface area contributed by atoms with Gasteiger partial charge in [-0.3, -0.25) is 9.59 Å². The lowest BCUT2D eigenvalue weighted by Gasteiger charge is -2.28. The fourth-order valence-electron chi connectivity index (χ4n) is 9.07. The van der Waals surface area contributed by atoms with Crippen molar-refractivity contribution < 1.29 is 28.7 Å². The molecule has 5 aromatic rings. The van der Waals surface area contributed by atoms with Crippen LogP contribution in [0.4, 0.5) is 9.59 Å². The number of carbonyl (C=O) groups excluding carboxylic acids is 4. The summed E-state index contributed by atoms with van der Waals surface area (Å²) in [7, 11) is 0.910. The Hall–Kier alpha value is -5.70. The summed E-state index contributed by atoms with van der Waals surface area (Å²) in [5.74, 6) is 1.69. The average molecular weight is 803 g/mol. The van der Waals surface area contributed by atoms with Crippen LogP contribution in [0.25, 0.3) is 44.2 Å². The lowest BCUT2D eigenvalue weighted by molar-refractivity contribution is -0.135. The van der Waals surface area contributed by atoms with E-state index in [9.17, 15) is 19.2 Å². The number of hydrogen-bond donors (Lipinski definition) is 4. The van der Waals surface area contributed by atoms with Gasteiger partial charge in [-0.25, -0.2) is 19.6 Å². The minimum atomic E-state index is -1.73. The van der Waals surface area contributed by atoms with Crippen molar-refractivity contribution in [2.45, 2.75) is 81.8 Å². The van der Waals surface area contributed by atoms with Crippen LogP contribution in [0.5, 0.6) is 0 Å². The molecule has 4 aliphatic rings. The smallest absolute Gasteiger partial charge is 0.407 e. The fourth-order valence-corrected chi connectivity index (χ4v) is 12.0. The summed E-state index contributed by atoms with van der Waals surface area (Å²) in [6, 6.07) is 18.3. The first-order valence-corrected chi connectivity index (χ1v) is 23.8. The second-order valence-electron chi connectivity index (χ2n) is 17.2. The highest BCUT2D eigenvalue weighted by molar-refractivity contribution is 6.78. The van der Waals surface area contributed by atoms with E-state index in [1.54, 1.807) is 0 Å². The Bertz CT molecular complexity index is 2400. The number of nitrogens with one attached hydrogen (secondary N) is 4. The van der Waals surface area contributed by atoms with E-state index in [0.29, 0.717) is 12.7 Å². The van der Waals surface area contributed by atoms with Crippen LogP contribution >= 0.6 is 0 Å². The molecule has 4 heterocycles. The SMILES string of the molecule is COC(=O)N[C@@H](C(=O)N1C[Si](C)(C)C[C@H]1c1ncc(-c2ccc(-c3ccc4c(ccc5nc([C@@H]6CCCN6C(=O)[C@H](NC(=O)OC)C6CC6)[nH]c54)c3)cc2)[nH]1)C1CC1. The second-order valence-corrected chi connectivity index (χ2v) is 22.3. The number of alkyl carbamates (subject to hydrolysis) is 2. The van der Waals surface area contributed by atoms with Gasteiger partial charge in [-0.1, -0.05) is 55.6 Å². The second kappa shape index (κ2) is 14.9. The van der Waals surface area contributed by atoms with Gasteiger partial charge in [0.15, 0.2) is 0 Å². The van der Waals surface area contributed by atoms with Gasteiger partial charge < -0.3 is 39.9 Å². The number of hydrogen-bond acceptors (Lipinski definition) is 8. The number of ether oxygens (including phenoxy) is 2. The topological polar surface area (TPSA) is 175 Å². The summed E-state index contributed by atoms with van der Waals surface area (Å²) in [6.45, 7) is 5.21. The normalized spacial score (nSPS) is 21.2. The molecule has 0 bridgehead atoms. The van der Waals surface area contributed by atoms with Crippen LogP contribution in [0.15, 0.2) is 60.8 Å². The number of imidazole rings is 2. The molecule has 58 heavy (non-hydrogen) atoms. The Kier molecular flexibility index (Phi) is 9.73. The molecule has 15 heteroatoms. The first-order chi connectivity index (χ1) is 28.0. The van der Waals surface area contributed by atoms with Crippen LogP contribution in [0.1, 0.15) is 62.3 Å². The molecule has 14 nitrogen and oxygen atoms in total. The number of rotatable bonds is 10. The van der Waals surface area contributed by atoms with Crippen molar-refractivity contribution in [3.63, 3.8) is 0 Å². The molecule has 2 aliphatic heterocycles. The number of methoxy groups -OCH3 is 2. The molecule has 0 spiro atoms. The highest BCUT2D eigenvalue weighted by Gasteiger charge is 2.48. The summed E-state index contributed by atoms with van der Waals surface area (Å²) in [5.41, 5.74) is 5.82. The van der Waals surface area contributed by atoms with Gasteiger partial charge in [0.05, 0.1) is 57.3 Å². The summed E-state index contributed by atoms with van der Waals surface area (Å²) in [4.78, 5) is 72.5. The molecule has 4 N–H and O–H groups in total. The zero-order valence-corrected chi connectivity index (χ0v) is 34.3. The van der Waals surface area contributed by atoms with Gasteiger partial charge in [0.1, 0.15) is 23.7 Å². The third kappa shape index (κ3) is 7.31. The molecule has 2 aromatic heterocycles. The zero-order chi connectivity index (χ0) is 40.3. The highest BCUT2D eigenvalue weighted by Crippen LogP contribution is 2.42. The molecule has 3 aromatic carbocycles. The van der Waals surface area contributed by atoms with Gasteiger partial charge >= 0.3 is 12.2 Å². The Morgan fingerprint density at radius 3 is 2.05 bits per heavy atom. The first kappa shape index (κ1) is 37.9. The molecule has 9 rings (SSSR count). The molecular weight excluding hydrogens is 753 g/mol. The molecule has 4 atom stereocenters. The van der Waals surface area contributed by atoms with Crippen LogP contribution in [0, 0.1) is 11.8 Å². The maximum Gasteiger partial charge on any atom is 0.407 e. The summed E-state index contributed by atoms with van der Waals surface area (Å²) in [5, 5.41) is 7.71. The van der Waals surface area contributed by atoms with Gasteiger partial charge in [0.2, 0.25) is 11.8 Å². The van der Waals surface area contributed by atoms with Gasteiger partial charge in [-0.15, -0.1) is 0 Å². The minimum Gasteiger partial charge on any atom is -0.453 e. The standard InChI is InChI=1S/C43H50N8O6Si/c1-56-42(54)48-35(26-11-12-26)40(52)50-19-5-6-33(50)39-45-31-18-16-29-20-28(15-17-30(29)37(31)47-39)24-7-9-25(10-8-24)32-21-44-38(46-32)34-22-58(3,4)23-51(34)41(53)36(27-13-14-27)49-43(55)57-2/h7-10,15-18,20-21,26-27,33-36H,5-6,11-14,19,22-23H2,1-4H3,(H,44,46)(H,45,47)(H,48,54)(H,49,55)/t33-,34-,35+,36+/m0/s1. The molecule has 2 saturated carbocycles. The third-order valence-electron chi connectivity index (χ3n) is 12.4. The summed E-state index contributed by atoms with van der Waals surface area (Å²) in [6.07, 6.45) is 6.73. The number of likely N-dealkylation sites (tertiary alicyclic amines) is 1. The maximum absolute atomic E-state index is 13.9. The van der Waals surface area contributed by atoms with Gasteiger partial charge in [-0.2, -0.15) is 0 Å². The van der Waals surface area contributed by atoms with Crippen molar-refractivity contribution in [3.05, 3.63) is 72.4 Å². The molecule has 2 aliphatic carbocycles. The Morgan fingerprint density at radius 1 is 0.759 bits per heavy atom. The average Bonchev–Trinajstić information content (AvgIpc) is 4.04. The lowest BCUT2D eigenvalue weighted by atomic mass is 9.99. The van der Waals surface area contributed by atoms with Crippen LogP contribution in [-0.4, -0.2) is 101 Å². The largest absolute Gasteiger partial charge is 0.453 e. The van der Waals surface area contributed by atoms with Gasteiger partial charge in [0.25, 0.3) is 0 Å². The predicted octanol–water partition coefficient (Wildman–Crippen LogP) is 6.84. The number of aromatic amines is 2. The molecule has 0 unspecified atom stereocenters. The fraction of sp³-hybridized carbons (Fsp3) is 0.442. The van der Waals surface area contributed by atoms with E-state index in [1.807, 2.05) is 22.1 Å². The third-order valence-corrected chi connectivity index (χ3v) is 15.1. The molecule has 4 amide bonds. The molecule has 302 valence electrons. The van der Waals surface area contributed by atoms with E-state index >= 15 is 0 Å². The van der Waals surface area contributed by atoms with Crippen molar-refractivity contribution in [2.75, 3.05) is 26.9 Å². The van der Waals surface area contributed by atoms with Gasteiger partial charge in [-0.05, 0) is 90.6 Å². The van der Waals surface area contributed by atoms with E-state index in [1.165, 1.54) is 14.2 Å². The summed E-state index contributed by atoms with van der Waals surface area (Å²) < 4.78 is 9.65. The number of carbonyl (C=O) groups is 4. The Balaban J connectivity index is 0.916. The van der Waals surface area contributed by atoms with E-state index in [2.05, 4.69) is 82.2 Å². The number of nitrogens with zero attached hydrogens (tertiary/aromatic N) is 4. The number of fused-ring (bicyclic) bond motifs is 3. The van der Waals surface area contributed by atoms with E-state index < -0.39 is 32.3 Å². The zero-order valence-electron chi connectivity index (χ0n) is 33.3. The molecule has 4 fully saturated rings.